The molecule has 1 aromatic rings. The fraction of sp³-hybridized carbons (Fsp3) is 0.733. The van der Waals surface area contributed by atoms with Crippen LogP contribution < -0.4 is 21.3 Å². The van der Waals surface area contributed by atoms with Gasteiger partial charge < -0.3 is 144 Å². The second-order valence-corrected chi connectivity index (χ2v) is 34.4. The van der Waals surface area contributed by atoms with Gasteiger partial charge in [-0.3, -0.25) is 14.6 Å². The number of carbonyl (C=O) groups is 14. The maximum atomic E-state index is 11.9. The van der Waals surface area contributed by atoms with Crippen LogP contribution in [0.25, 0.3) is 0 Å². The number of ether oxygens (including phenoxy) is 10. The number of carbonyl (C=O) groups excluding carboxylic acids is 10. The van der Waals surface area contributed by atoms with E-state index in [0.29, 0.717) is 25.7 Å². The van der Waals surface area contributed by atoms with Gasteiger partial charge in [-0.25, -0.2) is 52.7 Å². The van der Waals surface area contributed by atoms with E-state index >= 15 is 0 Å². The molecule has 7 amide bonds. The van der Waals surface area contributed by atoms with E-state index in [9.17, 15) is 87.5 Å². The summed E-state index contributed by atoms with van der Waals surface area (Å²) in [4.78, 5) is 157. The predicted molar refractivity (Wildman–Crippen MR) is 407 cm³/mol. The van der Waals surface area contributed by atoms with Crippen LogP contribution in [0.2, 0.25) is 0 Å². The number of carboxylic acids is 4. The third-order valence-electron chi connectivity index (χ3n) is 15.9. The number of benzene rings is 1. The number of aldehydes is 2. The van der Waals surface area contributed by atoms with Crippen LogP contribution >= 0.6 is 0 Å². The minimum atomic E-state index is -1.84. The Morgan fingerprint density at radius 2 is 0.924 bits per heavy atom. The highest BCUT2D eigenvalue weighted by Crippen LogP contribution is 2.37. The van der Waals surface area contributed by atoms with E-state index in [0.717, 1.165) is 16.7 Å². The molecule has 9 atom stereocenters. The lowest BCUT2D eigenvalue weighted by Crippen LogP contribution is -2.67. The molecule has 7 fully saturated rings. The second kappa shape index (κ2) is 44.6. The number of nitrogens with zero attached hydrogens (tertiary/aromatic N) is 3. The highest BCUT2D eigenvalue weighted by Gasteiger charge is 2.61. The number of carboxylic acid groups (broad SMARTS) is 4. The number of rotatable bonds is 15. The van der Waals surface area contributed by atoms with Gasteiger partial charge in [-0.2, -0.15) is 0 Å². The number of amides is 7. The van der Waals surface area contributed by atoms with Gasteiger partial charge in [0.05, 0.1) is 52.0 Å². The first-order chi connectivity index (χ1) is 53.6. The first kappa shape index (κ1) is 107. The molecule has 16 N–H and O–H groups in total. The molecule has 4 heterocycles. The number of likely N-dealkylation sites (tertiary alicyclic amines) is 2. The van der Waals surface area contributed by atoms with Crippen molar-refractivity contribution in [2.45, 2.75) is 301 Å². The highest BCUT2D eigenvalue weighted by molar-refractivity contribution is 5.94. The Balaban J connectivity index is 0.000000677. The zero-order chi connectivity index (χ0) is 91.5. The van der Waals surface area contributed by atoms with Gasteiger partial charge in [-0.1, -0.05) is 30.3 Å². The van der Waals surface area contributed by atoms with E-state index in [-0.39, 0.29) is 89.4 Å². The van der Waals surface area contributed by atoms with Gasteiger partial charge in [0.25, 0.3) is 0 Å². The minimum Gasteiger partial charge on any atom is -0.479 e. The summed E-state index contributed by atoms with van der Waals surface area (Å²) in [6, 6.07) is 7.06. The van der Waals surface area contributed by atoms with Gasteiger partial charge in [0.2, 0.25) is 0 Å². The molecule has 8 rings (SSSR count). The number of Topliss-reactive ketones (excluding diaryl/α,β-unsaturated/α-hetero) is 1. The zero-order valence-electron chi connectivity index (χ0n) is 70.5. The SMILES string of the molecule is CC(C)(C)OC(=O)N1C(C=O)COC1(C)C.CC(C)(C)OC(=O)N1CC(=O)C1.CC(C)(C)OC(=O)N1CC(O)(C(=O)O)C1.CC(C)(C)OC(=O)NC1CC(O)(C(=O)O)C1.CC(C)(C)OC(=O)NC1CCC(O)(C(=O)O)C1.CC(C)(C)OC(=O)NCCC=O.O=C(NC1CC1(O)C(=O)O)OCc1ccccc1.OCC1OC(O)C(CO)OC1O. The monoisotopic (exact) mass is 1700 g/mol. The lowest BCUT2D eigenvalue weighted by Gasteiger charge is -2.43. The van der Waals surface area contributed by atoms with E-state index in [4.69, 9.17) is 88.2 Å². The van der Waals surface area contributed by atoms with E-state index in [2.05, 4.69) is 21.3 Å². The first-order valence-electron chi connectivity index (χ1n) is 37.3. The summed E-state index contributed by atoms with van der Waals surface area (Å²) < 4.78 is 49.9. The molecule has 0 radical (unpaired) electrons. The molecule has 0 bridgehead atoms. The van der Waals surface area contributed by atoms with Crippen LogP contribution in [0.1, 0.15) is 189 Å². The van der Waals surface area contributed by atoms with E-state index < -0.39 is 178 Å². The third-order valence-corrected chi connectivity index (χ3v) is 15.9. The molecule has 43 nitrogen and oxygen atoms in total. The number of nitrogens with one attached hydrogen (secondary N) is 4. The van der Waals surface area contributed by atoms with Crippen molar-refractivity contribution in [2.75, 3.05) is 52.5 Å². The van der Waals surface area contributed by atoms with Gasteiger partial charge in [0.1, 0.15) is 76.8 Å². The Morgan fingerprint density at radius 3 is 1.30 bits per heavy atom. The minimum absolute atomic E-state index is 0.00275. The summed E-state index contributed by atoms with van der Waals surface area (Å²) in [6.45, 7) is 34.9. The summed E-state index contributed by atoms with van der Waals surface area (Å²) in [5.74, 6) is -5.07. The molecule has 674 valence electrons. The number of ketones is 1. The number of aliphatic hydroxyl groups is 8. The molecule has 3 aliphatic carbocycles. The first-order valence-corrected chi connectivity index (χ1v) is 37.3. The van der Waals surface area contributed by atoms with Crippen molar-refractivity contribution in [3.8, 4) is 0 Å². The number of aliphatic hydroxyl groups excluding tert-OH is 4. The van der Waals surface area contributed by atoms with Crippen LogP contribution in [-0.4, -0.2) is 324 Å². The Labute approximate surface area is 683 Å². The molecule has 7 aliphatic rings. The van der Waals surface area contributed by atoms with Crippen molar-refractivity contribution in [1.82, 2.24) is 36.0 Å². The Hall–Kier alpha value is -9.44. The number of alkyl carbamates (subject to hydrolysis) is 4. The topological polar surface area (TPSA) is 632 Å². The summed E-state index contributed by atoms with van der Waals surface area (Å²) in [6.07, 6.45) is -6.06. The van der Waals surface area contributed by atoms with Crippen LogP contribution in [0.4, 0.5) is 33.6 Å². The van der Waals surface area contributed by atoms with Crippen molar-refractivity contribution < 1.29 is 176 Å². The van der Waals surface area contributed by atoms with Crippen LogP contribution in [0.15, 0.2) is 30.3 Å². The van der Waals surface area contributed by atoms with Crippen LogP contribution in [0.3, 0.4) is 0 Å². The maximum absolute atomic E-state index is 11.9. The van der Waals surface area contributed by atoms with Crippen molar-refractivity contribution in [1.29, 1.82) is 0 Å². The largest absolute Gasteiger partial charge is 0.479 e. The van der Waals surface area contributed by atoms with Crippen molar-refractivity contribution in [3.05, 3.63) is 35.9 Å². The smallest absolute Gasteiger partial charge is 0.413 e. The van der Waals surface area contributed by atoms with Crippen molar-refractivity contribution >= 4 is 84.9 Å². The fourth-order valence-electron chi connectivity index (χ4n) is 9.98. The number of aliphatic carboxylic acids is 4. The van der Waals surface area contributed by atoms with Crippen molar-refractivity contribution in [2.24, 2.45) is 0 Å². The van der Waals surface area contributed by atoms with Gasteiger partial charge in [-0.15, -0.1) is 0 Å². The van der Waals surface area contributed by atoms with Gasteiger partial charge in [0.15, 0.2) is 40.8 Å². The van der Waals surface area contributed by atoms with Gasteiger partial charge in [-0.05, 0) is 157 Å². The number of hydrogen-bond donors (Lipinski definition) is 16. The lowest BCUT2D eigenvalue weighted by atomic mass is 9.76. The summed E-state index contributed by atoms with van der Waals surface area (Å²) >= 11 is 0. The van der Waals surface area contributed by atoms with Crippen LogP contribution in [-0.2, 0) is 87.5 Å². The summed E-state index contributed by atoms with van der Waals surface area (Å²) in [5, 5.41) is 118. The molecule has 3 saturated carbocycles. The van der Waals surface area contributed by atoms with E-state index in [1.54, 1.807) is 151 Å². The standard InChI is InChI=1S/C12H13NO5.C11H19NO5.C11H19NO4.C10H17NO5.C9H15NO5.C8H13NO3.C8H15NO3.C6H12O6/c14-10(15)12(17)6-9(12)13-11(16)18-7-8-4-2-1-3-5-8;1-10(2,3)17-9(15)12-7-4-5-11(16,6-7)8(13)14;1-10(2,3)16-9(14)12-8(6-13)7-15-11(12,4)5;1-9(2,3)16-8(14)11-6-4-10(15,5-6)7(12)13;1-8(2,3)15-7(13)10-4-9(14,5-10)6(11)12;1-8(2,3)12-7(11)9-4-6(10)5-9;1-8(2,3)12-7(11)9-5-4-6-10;7-1-3-5(9)12-4(2-8)6(10)11-3/h1-5,9,17H,6-7H2,(H,13,16)(H,14,15);7,16H,4-6H2,1-3H3,(H,12,15)(H,13,14);6,8H,7H2,1-5H3;6,15H,4-5H2,1-3H3,(H,11,14)(H,12,13);14H,4-5H2,1-3H3,(H,11,12);4-5H2,1-3H3;6H,4-5H2,1-3H3,(H,9,11);3-10H,1-2H2. The predicted octanol–water partition coefficient (Wildman–Crippen LogP) is 2.78. The molecule has 4 saturated heterocycles. The molecule has 0 aromatic heterocycles. The Kier molecular flexibility index (Phi) is 40.2. The quantitative estimate of drug-likeness (QED) is 0.0682. The summed E-state index contributed by atoms with van der Waals surface area (Å²) in [5.41, 5.74) is -10.4. The molecule has 43 heteroatoms. The number of β-amino-alcohol motifs (C(OH)–C–C–N with tert-alkyl or cyclic N) is 1. The van der Waals surface area contributed by atoms with Gasteiger partial charge >= 0.3 is 66.5 Å². The summed E-state index contributed by atoms with van der Waals surface area (Å²) in [7, 11) is 0. The second-order valence-electron chi connectivity index (χ2n) is 34.4. The molecule has 0 spiro atoms. The Bertz CT molecular complexity index is 3490. The lowest BCUT2D eigenvalue weighted by molar-refractivity contribution is -0.338. The maximum Gasteiger partial charge on any atom is 0.413 e. The number of hydrogen-bond acceptors (Lipinski definition) is 32. The normalized spacial score (nSPS) is 24.9. The average molecular weight is 1700 g/mol. The molecule has 1 aromatic carbocycles. The van der Waals surface area contributed by atoms with E-state index in [1.807, 2.05) is 18.2 Å². The van der Waals surface area contributed by atoms with Gasteiger partial charge in [0, 0.05) is 50.7 Å². The van der Waals surface area contributed by atoms with Crippen LogP contribution in [0.5, 0.6) is 0 Å². The third kappa shape index (κ3) is 39.9. The molecule has 118 heavy (non-hydrogen) atoms. The molecular weight excluding hydrogens is 1570 g/mol. The Morgan fingerprint density at radius 1 is 0.517 bits per heavy atom. The zero-order valence-corrected chi connectivity index (χ0v) is 70.5. The molecular formula is C75H123N7O36. The fourth-order valence-corrected chi connectivity index (χ4v) is 9.98. The van der Waals surface area contributed by atoms with Crippen LogP contribution in [0, 0.1) is 0 Å². The van der Waals surface area contributed by atoms with Crippen molar-refractivity contribution in [3.63, 3.8) is 0 Å². The molecule has 9 unspecified atom stereocenters. The molecule has 4 aliphatic heterocycles. The highest BCUT2D eigenvalue weighted by atomic mass is 16.7. The van der Waals surface area contributed by atoms with E-state index in [1.165, 1.54) is 9.80 Å². The average Bonchev–Trinajstić information content (AvgIpc) is 1.44.